The van der Waals surface area contributed by atoms with Crippen LogP contribution in [0.15, 0.2) is 17.6 Å². The standard InChI is InChI=1S/C15H17N5OS/c16-5-11-3-12(22-9-11)7-18-6-10-1-2-20-14(4-10)13(8-19-20)15(17)21/h3,8-10,18H,1-2,4,6-7H2,(H2,17,21)/t10-/m1/s1. The van der Waals surface area contributed by atoms with Crippen LogP contribution in [-0.2, 0) is 19.5 Å². The highest BCUT2D eigenvalue weighted by atomic mass is 32.1. The molecule has 1 amide bonds. The molecule has 6 nitrogen and oxygen atoms in total. The lowest BCUT2D eigenvalue weighted by Crippen LogP contribution is -2.30. The van der Waals surface area contributed by atoms with Gasteiger partial charge < -0.3 is 11.1 Å². The van der Waals surface area contributed by atoms with Crippen molar-refractivity contribution in [3.63, 3.8) is 0 Å². The maximum absolute atomic E-state index is 11.4. The molecule has 0 aliphatic carbocycles. The van der Waals surface area contributed by atoms with Gasteiger partial charge >= 0.3 is 0 Å². The molecule has 1 aliphatic heterocycles. The number of amides is 1. The number of rotatable bonds is 5. The molecule has 0 radical (unpaired) electrons. The second-order valence-corrected chi connectivity index (χ2v) is 6.49. The molecule has 3 rings (SSSR count). The molecule has 1 atom stereocenters. The van der Waals surface area contributed by atoms with Crippen LogP contribution in [0, 0.1) is 17.2 Å². The predicted molar refractivity (Wildman–Crippen MR) is 83.3 cm³/mol. The molecule has 0 bridgehead atoms. The number of hydrogen-bond acceptors (Lipinski definition) is 5. The number of aromatic nitrogens is 2. The number of carbonyl (C=O) groups excluding carboxylic acids is 1. The first kappa shape index (κ1) is 14.8. The van der Waals surface area contributed by atoms with Gasteiger partial charge in [-0.15, -0.1) is 11.3 Å². The smallest absolute Gasteiger partial charge is 0.252 e. The number of nitrogens with zero attached hydrogens (tertiary/aromatic N) is 3. The number of primary amides is 1. The first-order valence-corrected chi connectivity index (χ1v) is 8.08. The lowest BCUT2D eigenvalue weighted by atomic mass is 9.94. The summed E-state index contributed by atoms with van der Waals surface area (Å²) in [5.41, 5.74) is 7.60. The minimum atomic E-state index is -0.405. The Hall–Kier alpha value is -2.17. The fraction of sp³-hybridized carbons (Fsp3) is 0.400. The molecule has 3 N–H and O–H groups in total. The van der Waals surface area contributed by atoms with E-state index in [0.717, 1.165) is 48.6 Å². The third-order valence-electron chi connectivity index (χ3n) is 3.96. The third kappa shape index (κ3) is 3.03. The van der Waals surface area contributed by atoms with Crippen molar-refractivity contribution < 1.29 is 4.79 Å². The third-order valence-corrected chi connectivity index (χ3v) is 4.90. The number of nitrogens with two attached hydrogens (primary N) is 1. The minimum Gasteiger partial charge on any atom is -0.365 e. The molecule has 2 aromatic heterocycles. The molecule has 1 aliphatic rings. The summed E-state index contributed by atoms with van der Waals surface area (Å²) in [6, 6.07) is 4.06. The van der Waals surface area contributed by atoms with Gasteiger partial charge in [0.2, 0.25) is 0 Å². The maximum atomic E-state index is 11.4. The Balaban J connectivity index is 1.55. The van der Waals surface area contributed by atoms with Crippen LogP contribution < -0.4 is 11.1 Å². The van der Waals surface area contributed by atoms with Gasteiger partial charge in [-0.2, -0.15) is 10.4 Å². The molecule has 22 heavy (non-hydrogen) atoms. The molecule has 0 spiro atoms. The van der Waals surface area contributed by atoms with E-state index in [-0.39, 0.29) is 0 Å². The molecular weight excluding hydrogens is 298 g/mol. The monoisotopic (exact) mass is 315 g/mol. The van der Waals surface area contributed by atoms with Crippen molar-refractivity contribution in [1.82, 2.24) is 15.1 Å². The summed E-state index contributed by atoms with van der Waals surface area (Å²) in [5.74, 6) is 0.0650. The van der Waals surface area contributed by atoms with E-state index in [1.165, 1.54) is 0 Å². The Morgan fingerprint density at radius 1 is 1.64 bits per heavy atom. The van der Waals surface area contributed by atoms with Crippen LogP contribution in [0.1, 0.15) is 32.9 Å². The van der Waals surface area contributed by atoms with Crippen molar-refractivity contribution in [3.05, 3.63) is 39.3 Å². The molecule has 0 aromatic carbocycles. The molecule has 0 fully saturated rings. The van der Waals surface area contributed by atoms with Crippen LogP contribution in [-0.4, -0.2) is 22.2 Å². The Morgan fingerprint density at radius 3 is 3.23 bits per heavy atom. The molecule has 7 heteroatoms. The quantitative estimate of drug-likeness (QED) is 0.868. The summed E-state index contributed by atoms with van der Waals surface area (Å²) in [4.78, 5) is 12.6. The fourth-order valence-electron chi connectivity index (χ4n) is 2.81. The SMILES string of the molecule is N#Cc1csc(CNC[C@@H]2CCn3ncc(C(N)=O)c3C2)c1. The number of thiophene rings is 1. The van der Waals surface area contributed by atoms with Gasteiger partial charge in [0.05, 0.1) is 23.0 Å². The van der Waals surface area contributed by atoms with E-state index in [4.69, 9.17) is 11.0 Å². The Morgan fingerprint density at radius 2 is 2.50 bits per heavy atom. The molecule has 0 saturated heterocycles. The molecule has 3 heterocycles. The average Bonchev–Trinajstić information content (AvgIpc) is 3.13. The zero-order valence-corrected chi connectivity index (χ0v) is 12.9. The van der Waals surface area contributed by atoms with Gasteiger partial charge in [0.1, 0.15) is 6.07 Å². The minimum absolute atomic E-state index is 0.405. The van der Waals surface area contributed by atoms with Crippen LogP contribution in [0.25, 0.3) is 0 Å². The average molecular weight is 315 g/mol. The number of hydrogen-bond donors (Lipinski definition) is 2. The van der Waals surface area contributed by atoms with Crippen LogP contribution in [0.3, 0.4) is 0 Å². The Kier molecular flexibility index (Phi) is 4.22. The van der Waals surface area contributed by atoms with E-state index >= 15 is 0 Å². The van der Waals surface area contributed by atoms with Crippen molar-refractivity contribution >= 4 is 17.2 Å². The molecular formula is C15H17N5OS. The normalized spacial score (nSPS) is 17.0. The summed E-state index contributed by atoms with van der Waals surface area (Å²) in [5, 5.41) is 18.3. The van der Waals surface area contributed by atoms with E-state index < -0.39 is 5.91 Å². The summed E-state index contributed by atoms with van der Waals surface area (Å²) < 4.78 is 1.88. The zero-order chi connectivity index (χ0) is 15.5. The zero-order valence-electron chi connectivity index (χ0n) is 12.1. The fourth-order valence-corrected chi connectivity index (χ4v) is 3.59. The topological polar surface area (TPSA) is 96.7 Å². The highest BCUT2D eigenvalue weighted by Gasteiger charge is 2.23. The number of aryl methyl sites for hydroxylation is 1. The second-order valence-electron chi connectivity index (χ2n) is 5.50. The predicted octanol–water partition coefficient (Wildman–Crippen LogP) is 1.27. The van der Waals surface area contributed by atoms with E-state index in [2.05, 4.69) is 16.5 Å². The van der Waals surface area contributed by atoms with Crippen molar-refractivity contribution in [3.8, 4) is 6.07 Å². The van der Waals surface area contributed by atoms with Crippen molar-refractivity contribution in [2.75, 3.05) is 6.54 Å². The van der Waals surface area contributed by atoms with E-state index in [1.54, 1.807) is 17.5 Å². The van der Waals surface area contributed by atoms with Crippen molar-refractivity contribution in [1.29, 1.82) is 5.26 Å². The summed E-state index contributed by atoms with van der Waals surface area (Å²) >= 11 is 1.60. The van der Waals surface area contributed by atoms with Gasteiger partial charge in [0.15, 0.2) is 0 Å². The van der Waals surface area contributed by atoms with E-state index in [0.29, 0.717) is 11.5 Å². The number of nitrogens with one attached hydrogen (secondary N) is 1. The van der Waals surface area contributed by atoms with E-state index in [1.807, 2.05) is 16.1 Å². The summed E-state index contributed by atoms with van der Waals surface area (Å²) in [7, 11) is 0. The lowest BCUT2D eigenvalue weighted by Gasteiger charge is -2.24. The molecule has 0 unspecified atom stereocenters. The Labute approximate surface area is 132 Å². The second kappa shape index (κ2) is 6.30. The summed E-state index contributed by atoms with van der Waals surface area (Å²) in [6.07, 6.45) is 3.43. The van der Waals surface area contributed by atoms with Crippen LogP contribution >= 0.6 is 11.3 Å². The van der Waals surface area contributed by atoms with Gasteiger partial charge in [-0.3, -0.25) is 9.48 Å². The highest BCUT2D eigenvalue weighted by molar-refractivity contribution is 7.10. The first-order chi connectivity index (χ1) is 10.7. The number of carbonyl (C=O) groups is 1. The lowest BCUT2D eigenvalue weighted by molar-refractivity contribution is 0.0998. The molecule has 2 aromatic rings. The number of nitriles is 1. The Bertz CT molecular complexity index is 727. The van der Waals surface area contributed by atoms with Gasteiger partial charge in [0.25, 0.3) is 5.91 Å². The number of fused-ring (bicyclic) bond motifs is 1. The van der Waals surface area contributed by atoms with Crippen LogP contribution in [0.2, 0.25) is 0 Å². The van der Waals surface area contributed by atoms with Crippen LogP contribution in [0.4, 0.5) is 0 Å². The van der Waals surface area contributed by atoms with Crippen molar-refractivity contribution in [2.45, 2.75) is 25.9 Å². The summed E-state index contributed by atoms with van der Waals surface area (Å²) in [6.45, 7) is 2.47. The van der Waals surface area contributed by atoms with Crippen molar-refractivity contribution in [2.24, 2.45) is 11.7 Å². The van der Waals surface area contributed by atoms with E-state index in [9.17, 15) is 4.79 Å². The maximum Gasteiger partial charge on any atom is 0.252 e. The van der Waals surface area contributed by atoms with Gasteiger partial charge in [-0.1, -0.05) is 0 Å². The van der Waals surface area contributed by atoms with Crippen LogP contribution in [0.5, 0.6) is 0 Å². The van der Waals surface area contributed by atoms with Gasteiger partial charge in [-0.25, -0.2) is 0 Å². The van der Waals surface area contributed by atoms with Gasteiger partial charge in [-0.05, 0) is 31.4 Å². The molecule has 114 valence electrons. The molecule has 0 saturated carbocycles. The largest absolute Gasteiger partial charge is 0.365 e. The highest BCUT2D eigenvalue weighted by Crippen LogP contribution is 2.22. The first-order valence-electron chi connectivity index (χ1n) is 7.20. The van der Waals surface area contributed by atoms with Gasteiger partial charge in [0, 0.05) is 23.3 Å².